The van der Waals surface area contributed by atoms with Crippen LogP contribution in [0.1, 0.15) is 79.1 Å². The molecule has 1 aliphatic heterocycles. The van der Waals surface area contributed by atoms with Crippen molar-refractivity contribution in [3.8, 4) is 0 Å². The summed E-state index contributed by atoms with van der Waals surface area (Å²) in [5, 5.41) is 3.32. The smallest absolute Gasteiger partial charge is 0.226 e. The van der Waals surface area contributed by atoms with E-state index in [0.29, 0.717) is 24.3 Å². The van der Waals surface area contributed by atoms with Crippen molar-refractivity contribution in [1.29, 1.82) is 0 Å². The molecule has 0 radical (unpaired) electrons. The van der Waals surface area contributed by atoms with Gasteiger partial charge in [-0.3, -0.25) is 9.59 Å². The van der Waals surface area contributed by atoms with Gasteiger partial charge in [0.1, 0.15) is 0 Å². The van der Waals surface area contributed by atoms with Crippen molar-refractivity contribution in [2.24, 2.45) is 34.5 Å². The van der Waals surface area contributed by atoms with Crippen molar-refractivity contribution in [2.75, 3.05) is 13.1 Å². The second-order valence-electron chi connectivity index (χ2n) is 10.3. The molecule has 1 N–H and O–H groups in total. The van der Waals surface area contributed by atoms with Gasteiger partial charge in [-0.1, -0.05) is 13.8 Å². The Labute approximate surface area is 164 Å². The zero-order chi connectivity index (χ0) is 19.4. The molecule has 0 bridgehead atoms. The topological polar surface area (TPSA) is 49.4 Å². The lowest BCUT2D eigenvalue weighted by Crippen LogP contribution is -2.61. The lowest BCUT2D eigenvalue weighted by atomic mass is 9.47. The van der Waals surface area contributed by atoms with Crippen LogP contribution in [-0.2, 0) is 9.59 Å². The maximum Gasteiger partial charge on any atom is 0.226 e. The number of carbonyl (C=O) groups is 2. The molecule has 0 spiro atoms. The van der Waals surface area contributed by atoms with Crippen molar-refractivity contribution in [2.45, 2.75) is 85.1 Å². The van der Waals surface area contributed by atoms with E-state index in [1.54, 1.807) is 0 Å². The van der Waals surface area contributed by atoms with Gasteiger partial charge in [-0.15, -0.1) is 0 Å². The fraction of sp³-hybridized carbons (Fsp3) is 0.913. The Kier molecular flexibility index (Phi) is 4.83. The average molecular weight is 375 g/mol. The molecule has 4 fully saturated rings. The fourth-order valence-corrected chi connectivity index (χ4v) is 7.86. The first-order chi connectivity index (χ1) is 12.8. The maximum absolute atomic E-state index is 13.2. The average Bonchev–Trinajstić information content (AvgIpc) is 3.00. The van der Waals surface area contributed by atoms with Crippen molar-refractivity contribution in [3.63, 3.8) is 0 Å². The molecule has 0 aromatic carbocycles. The van der Waals surface area contributed by atoms with E-state index in [1.165, 1.54) is 25.7 Å². The van der Waals surface area contributed by atoms with E-state index < -0.39 is 0 Å². The summed E-state index contributed by atoms with van der Waals surface area (Å²) in [7, 11) is 0. The van der Waals surface area contributed by atoms with Crippen LogP contribution in [0.15, 0.2) is 0 Å². The molecule has 27 heavy (non-hydrogen) atoms. The summed E-state index contributed by atoms with van der Waals surface area (Å²) in [5.74, 6) is 3.04. The van der Waals surface area contributed by atoms with Crippen LogP contribution in [0.4, 0.5) is 0 Å². The van der Waals surface area contributed by atoms with E-state index in [0.717, 1.165) is 44.2 Å². The van der Waals surface area contributed by atoms with Crippen LogP contribution in [-0.4, -0.2) is 35.8 Å². The van der Waals surface area contributed by atoms with Crippen LogP contribution < -0.4 is 5.32 Å². The zero-order valence-electron chi connectivity index (χ0n) is 17.7. The molecular formula is C23H38N2O2. The van der Waals surface area contributed by atoms with E-state index in [2.05, 4.69) is 37.9 Å². The molecule has 2 amide bonds. The zero-order valence-corrected chi connectivity index (χ0v) is 17.7. The quantitative estimate of drug-likeness (QED) is 0.812. The fourth-order valence-electron chi connectivity index (χ4n) is 7.86. The Morgan fingerprint density at radius 1 is 1.00 bits per heavy atom. The Hall–Kier alpha value is -1.06. The summed E-state index contributed by atoms with van der Waals surface area (Å²) in [6, 6.07) is 0.374. The molecule has 152 valence electrons. The Balaban J connectivity index is 1.57. The van der Waals surface area contributed by atoms with Crippen LogP contribution in [0.3, 0.4) is 0 Å². The van der Waals surface area contributed by atoms with E-state index >= 15 is 0 Å². The minimum Gasteiger partial charge on any atom is -0.353 e. The highest BCUT2D eigenvalue weighted by Gasteiger charge is 2.61. The highest BCUT2D eigenvalue weighted by molar-refractivity contribution is 5.80. The summed E-state index contributed by atoms with van der Waals surface area (Å²) in [4.78, 5) is 27.2. The van der Waals surface area contributed by atoms with Gasteiger partial charge < -0.3 is 10.2 Å². The van der Waals surface area contributed by atoms with Gasteiger partial charge in [0.2, 0.25) is 11.8 Å². The molecular weight excluding hydrogens is 336 g/mol. The van der Waals surface area contributed by atoms with Crippen molar-refractivity contribution < 1.29 is 9.59 Å². The number of amides is 2. The Morgan fingerprint density at radius 3 is 2.41 bits per heavy atom. The van der Waals surface area contributed by atoms with Gasteiger partial charge in [-0.2, -0.15) is 0 Å². The van der Waals surface area contributed by atoms with Gasteiger partial charge in [0.25, 0.3) is 0 Å². The van der Waals surface area contributed by atoms with Gasteiger partial charge in [0, 0.05) is 31.5 Å². The third-order valence-corrected chi connectivity index (χ3v) is 9.47. The summed E-state index contributed by atoms with van der Waals surface area (Å²) >= 11 is 0. The molecule has 1 saturated heterocycles. The third-order valence-electron chi connectivity index (χ3n) is 9.47. The second-order valence-corrected chi connectivity index (χ2v) is 10.3. The number of hydrogen-bond donors (Lipinski definition) is 1. The molecule has 4 rings (SSSR count). The number of nitrogens with one attached hydrogen (secondary N) is 1. The highest BCUT2D eigenvalue weighted by atomic mass is 16.2. The summed E-state index contributed by atoms with van der Waals surface area (Å²) in [6.45, 7) is 10.8. The first-order valence-electron chi connectivity index (χ1n) is 11.4. The van der Waals surface area contributed by atoms with Gasteiger partial charge >= 0.3 is 0 Å². The Morgan fingerprint density at radius 2 is 1.70 bits per heavy atom. The van der Waals surface area contributed by atoms with Crippen LogP contribution in [0, 0.1) is 34.5 Å². The monoisotopic (exact) mass is 374 g/mol. The van der Waals surface area contributed by atoms with Gasteiger partial charge in [-0.05, 0) is 87.4 Å². The maximum atomic E-state index is 13.2. The minimum atomic E-state index is 0.182. The number of hydrogen-bond acceptors (Lipinski definition) is 2. The van der Waals surface area contributed by atoms with E-state index in [9.17, 15) is 9.59 Å². The van der Waals surface area contributed by atoms with E-state index in [4.69, 9.17) is 0 Å². The minimum absolute atomic E-state index is 0.182. The molecule has 3 aliphatic carbocycles. The molecule has 0 aromatic rings. The largest absolute Gasteiger partial charge is 0.353 e. The first-order valence-corrected chi connectivity index (χ1v) is 11.4. The van der Waals surface area contributed by atoms with Crippen molar-refractivity contribution in [3.05, 3.63) is 0 Å². The van der Waals surface area contributed by atoms with Crippen LogP contribution in [0.25, 0.3) is 0 Å². The molecule has 0 aromatic heterocycles. The number of fused-ring (bicyclic) bond motifs is 5. The predicted molar refractivity (Wildman–Crippen MR) is 107 cm³/mol. The predicted octanol–water partition coefficient (Wildman–Crippen LogP) is 3.99. The van der Waals surface area contributed by atoms with Gasteiger partial charge in [0.05, 0.1) is 0 Å². The van der Waals surface area contributed by atoms with Crippen molar-refractivity contribution >= 4 is 11.8 Å². The normalized spacial score (nSPS) is 46.1. The third kappa shape index (κ3) is 2.76. The van der Waals surface area contributed by atoms with Gasteiger partial charge in [0.15, 0.2) is 0 Å². The summed E-state index contributed by atoms with van der Waals surface area (Å²) in [6.07, 6.45) is 8.84. The molecule has 3 saturated carbocycles. The number of rotatable bonds is 3. The molecule has 7 atom stereocenters. The molecule has 4 aliphatic rings. The standard InChI is InChI=1S/C23H38N2O2/c1-5-25(6-2)21(27)18-9-8-16-15-7-10-19-23(4,14-12-20(26)24-19)17(15)11-13-22(16,18)3/h15-19H,5-14H2,1-4H3,(H,24,26)/t15-,16-,17-,18+,19-,22-,23+/m0/s1. The van der Waals surface area contributed by atoms with Crippen molar-refractivity contribution in [1.82, 2.24) is 10.2 Å². The van der Waals surface area contributed by atoms with E-state index in [1.807, 2.05) is 0 Å². The lowest BCUT2D eigenvalue weighted by Gasteiger charge is -2.60. The molecule has 1 heterocycles. The van der Waals surface area contributed by atoms with Crippen LogP contribution in [0.2, 0.25) is 0 Å². The van der Waals surface area contributed by atoms with E-state index in [-0.39, 0.29) is 22.7 Å². The molecule has 4 nitrogen and oxygen atoms in total. The number of nitrogens with zero attached hydrogens (tertiary/aromatic N) is 1. The number of carbonyl (C=O) groups excluding carboxylic acids is 2. The number of piperidine rings is 1. The van der Waals surface area contributed by atoms with Gasteiger partial charge in [-0.25, -0.2) is 0 Å². The molecule has 0 unspecified atom stereocenters. The second kappa shape index (κ2) is 6.77. The Bertz CT molecular complexity index is 615. The van der Waals surface area contributed by atoms with Crippen LogP contribution in [0.5, 0.6) is 0 Å². The lowest BCUT2D eigenvalue weighted by molar-refractivity contribution is -0.147. The van der Waals surface area contributed by atoms with Crippen LogP contribution >= 0.6 is 0 Å². The SMILES string of the molecule is CCN(CC)C(=O)[C@H]1CC[C@H]2[C@@H]3CC[C@@H]4NC(=O)CC[C@]4(C)[C@H]3CC[C@]12C. The summed E-state index contributed by atoms with van der Waals surface area (Å²) < 4.78 is 0. The first kappa shape index (κ1) is 19.3. The highest BCUT2D eigenvalue weighted by Crippen LogP contribution is 2.65. The molecule has 4 heteroatoms. The summed E-state index contributed by atoms with van der Waals surface area (Å²) in [5.41, 5.74) is 0.446.